The Balaban J connectivity index is 1.87. The molecule has 1 aromatic heterocycles. The van der Waals surface area contributed by atoms with Gasteiger partial charge in [0.05, 0.1) is 10.6 Å². The lowest BCUT2D eigenvalue weighted by molar-refractivity contribution is 0.475. The van der Waals surface area contributed by atoms with E-state index in [2.05, 4.69) is 4.72 Å². The molecule has 4 nitrogen and oxygen atoms in total. The molecule has 23 heavy (non-hydrogen) atoms. The second-order valence-corrected chi connectivity index (χ2v) is 7.68. The van der Waals surface area contributed by atoms with Crippen LogP contribution in [-0.2, 0) is 10.0 Å². The number of phenols is 1. The summed E-state index contributed by atoms with van der Waals surface area (Å²) >= 11 is 1.44. The normalized spacial score (nSPS) is 11.3. The van der Waals surface area contributed by atoms with Crippen molar-refractivity contribution >= 4 is 27.0 Å². The number of aromatic hydroxyl groups is 1. The van der Waals surface area contributed by atoms with E-state index in [1.165, 1.54) is 11.3 Å². The highest BCUT2D eigenvalue weighted by atomic mass is 32.2. The third-order valence-corrected chi connectivity index (χ3v) is 5.91. The van der Waals surface area contributed by atoms with Crippen LogP contribution in [0.15, 0.2) is 64.9 Å². The third-order valence-electron chi connectivity index (χ3n) is 3.39. The Hall–Kier alpha value is -2.31. The molecule has 0 amide bonds. The second-order valence-electron chi connectivity index (χ2n) is 5.12. The Bertz CT molecular complexity index is 928. The molecular weight excluding hydrogens is 330 g/mol. The Morgan fingerprint density at radius 1 is 1.04 bits per heavy atom. The molecule has 0 atom stereocenters. The second kappa shape index (κ2) is 6.06. The number of hydrogen-bond acceptors (Lipinski definition) is 4. The van der Waals surface area contributed by atoms with Gasteiger partial charge in [-0.05, 0) is 54.4 Å². The molecule has 6 heteroatoms. The minimum Gasteiger partial charge on any atom is -0.508 e. The molecule has 0 saturated carbocycles. The molecule has 2 aromatic carbocycles. The van der Waals surface area contributed by atoms with Crippen LogP contribution < -0.4 is 4.72 Å². The standard InChI is InChI=1S/C17H15NO3S2/c1-12-4-2-3-5-17(12)23(20,21)18-14-10-16(22-11-14)13-6-8-15(19)9-7-13/h2-11,18-19H,1H3. The van der Waals surface area contributed by atoms with Crippen LogP contribution in [0.1, 0.15) is 5.56 Å². The van der Waals surface area contributed by atoms with Crippen LogP contribution in [0.25, 0.3) is 10.4 Å². The molecule has 3 aromatic rings. The van der Waals surface area contributed by atoms with Crippen LogP contribution in [0.3, 0.4) is 0 Å². The van der Waals surface area contributed by atoms with Crippen LogP contribution in [0.4, 0.5) is 5.69 Å². The molecule has 0 radical (unpaired) electrons. The van der Waals surface area contributed by atoms with Crippen molar-refractivity contribution in [3.8, 4) is 16.2 Å². The monoisotopic (exact) mass is 345 g/mol. The zero-order valence-corrected chi connectivity index (χ0v) is 14.0. The molecule has 3 rings (SSSR count). The van der Waals surface area contributed by atoms with E-state index in [9.17, 15) is 13.5 Å². The van der Waals surface area contributed by atoms with E-state index >= 15 is 0 Å². The van der Waals surface area contributed by atoms with Crippen molar-refractivity contribution in [2.75, 3.05) is 4.72 Å². The lowest BCUT2D eigenvalue weighted by atomic mass is 10.2. The Morgan fingerprint density at radius 3 is 2.43 bits per heavy atom. The van der Waals surface area contributed by atoms with Gasteiger partial charge in [-0.3, -0.25) is 4.72 Å². The van der Waals surface area contributed by atoms with Gasteiger partial charge in [-0.1, -0.05) is 18.2 Å². The van der Waals surface area contributed by atoms with Crippen molar-refractivity contribution in [2.24, 2.45) is 0 Å². The average Bonchev–Trinajstić information content (AvgIpc) is 2.96. The van der Waals surface area contributed by atoms with Gasteiger partial charge >= 0.3 is 0 Å². The maximum Gasteiger partial charge on any atom is 0.262 e. The summed E-state index contributed by atoms with van der Waals surface area (Å²) in [5.41, 5.74) is 2.16. The Kier molecular flexibility index (Phi) is 4.11. The minimum atomic E-state index is -3.60. The molecular formula is C17H15NO3S2. The fourth-order valence-corrected chi connectivity index (χ4v) is 4.45. The van der Waals surface area contributed by atoms with Gasteiger partial charge in [-0.2, -0.15) is 0 Å². The molecule has 2 N–H and O–H groups in total. The number of nitrogens with one attached hydrogen (secondary N) is 1. The smallest absolute Gasteiger partial charge is 0.262 e. The molecule has 0 unspecified atom stereocenters. The largest absolute Gasteiger partial charge is 0.508 e. The van der Waals surface area contributed by atoms with Crippen LogP contribution >= 0.6 is 11.3 Å². The summed E-state index contributed by atoms with van der Waals surface area (Å²) in [7, 11) is -3.60. The van der Waals surface area contributed by atoms with Gasteiger partial charge in [0, 0.05) is 10.3 Å². The number of phenolic OH excluding ortho intramolecular Hbond substituents is 1. The molecule has 0 aliphatic heterocycles. The molecule has 118 valence electrons. The van der Waals surface area contributed by atoms with Gasteiger partial charge in [-0.25, -0.2) is 8.42 Å². The van der Waals surface area contributed by atoms with Crippen LogP contribution in [0.5, 0.6) is 5.75 Å². The summed E-state index contributed by atoms with van der Waals surface area (Å²) in [6.07, 6.45) is 0. The summed E-state index contributed by atoms with van der Waals surface area (Å²) in [6, 6.07) is 15.4. The van der Waals surface area contributed by atoms with Crippen molar-refractivity contribution in [3.05, 3.63) is 65.5 Å². The van der Waals surface area contributed by atoms with Crippen LogP contribution in [-0.4, -0.2) is 13.5 Å². The first kappa shape index (κ1) is 15.6. The summed E-state index contributed by atoms with van der Waals surface area (Å²) in [5, 5.41) is 11.1. The quantitative estimate of drug-likeness (QED) is 0.743. The van der Waals surface area contributed by atoms with Gasteiger partial charge in [0.25, 0.3) is 10.0 Å². The molecule has 0 fully saturated rings. The summed E-state index contributed by atoms with van der Waals surface area (Å²) in [6.45, 7) is 1.77. The van der Waals surface area contributed by atoms with Crippen molar-refractivity contribution in [3.63, 3.8) is 0 Å². The topological polar surface area (TPSA) is 66.4 Å². The van der Waals surface area contributed by atoms with E-state index in [0.29, 0.717) is 11.3 Å². The van der Waals surface area contributed by atoms with Gasteiger partial charge in [-0.15, -0.1) is 11.3 Å². The zero-order valence-electron chi connectivity index (χ0n) is 12.4. The van der Waals surface area contributed by atoms with E-state index in [1.807, 2.05) is 6.07 Å². The number of rotatable bonds is 4. The van der Waals surface area contributed by atoms with Crippen LogP contribution in [0.2, 0.25) is 0 Å². The van der Waals surface area contributed by atoms with E-state index in [4.69, 9.17) is 0 Å². The number of sulfonamides is 1. The predicted molar refractivity (Wildman–Crippen MR) is 93.4 cm³/mol. The van der Waals surface area contributed by atoms with Crippen molar-refractivity contribution in [2.45, 2.75) is 11.8 Å². The SMILES string of the molecule is Cc1ccccc1S(=O)(=O)Nc1csc(-c2ccc(O)cc2)c1. The van der Waals surface area contributed by atoms with Gasteiger partial charge in [0.2, 0.25) is 0 Å². The maximum atomic E-state index is 12.5. The average molecular weight is 345 g/mol. The lowest BCUT2D eigenvalue weighted by Crippen LogP contribution is -2.13. The highest BCUT2D eigenvalue weighted by molar-refractivity contribution is 7.92. The van der Waals surface area contributed by atoms with Crippen molar-refractivity contribution in [1.29, 1.82) is 0 Å². The number of aryl methyl sites for hydroxylation is 1. The fraction of sp³-hybridized carbons (Fsp3) is 0.0588. The molecule has 0 aliphatic rings. The Labute approximate surface area is 139 Å². The predicted octanol–water partition coefficient (Wildman–Crippen LogP) is 4.23. The van der Waals surface area contributed by atoms with E-state index < -0.39 is 10.0 Å². The number of anilines is 1. The first-order valence-corrected chi connectivity index (χ1v) is 9.28. The maximum absolute atomic E-state index is 12.5. The first-order valence-electron chi connectivity index (χ1n) is 6.92. The highest BCUT2D eigenvalue weighted by Crippen LogP contribution is 2.32. The fourth-order valence-electron chi connectivity index (χ4n) is 2.23. The van der Waals surface area contributed by atoms with E-state index in [1.54, 1.807) is 60.8 Å². The third kappa shape index (κ3) is 3.38. The molecule has 0 spiro atoms. The van der Waals surface area contributed by atoms with Crippen LogP contribution in [0, 0.1) is 6.92 Å². The van der Waals surface area contributed by atoms with Crippen molar-refractivity contribution < 1.29 is 13.5 Å². The summed E-state index contributed by atoms with van der Waals surface area (Å²) in [4.78, 5) is 1.20. The first-order chi connectivity index (χ1) is 11.0. The van der Waals surface area contributed by atoms with Gasteiger partial charge in [0.15, 0.2) is 0 Å². The minimum absolute atomic E-state index is 0.200. The number of thiophene rings is 1. The zero-order chi connectivity index (χ0) is 16.4. The lowest BCUT2D eigenvalue weighted by Gasteiger charge is -2.08. The molecule has 1 heterocycles. The van der Waals surface area contributed by atoms with E-state index in [0.717, 1.165) is 10.4 Å². The van der Waals surface area contributed by atoms with Crippen molar-refractivity contribution in [1.82, 2.24) is 0 Å². The molecule has 0 aliphatic carbocycles. The Morgan fingerprint density at radius 2 is 1.74 bits per heavy atom. The molecule has 0 bridgehead atoms. The van der Waals surface area contributed by atoms with Gasteiger partial charge in [0.1, 0.15) is 5.75 Å². The van der Waals surface area contributed by atoms with Gasteiger partial charge < -0.3 is 5.11 Å². The summed E-state index contributed by atoms with van der Waals surface area (Å²) < 4.78 is 27.6. The number of benzene rings is 2. The molecule has 0 saturated heterocycles. The number of hydrogen-bond donors (Lipinski definition) is 2. The highest BCUT2D eigenvalue weighted by Gasteiger charge is 2.17. The summed E-state index contributed by atoms with van der Waals surface area (Å²) in [5.74, 6) is 0.200. The van der Waals surface area contributed by atoms with E-state index in [-0.39, 0.29) is 10.6 Å².